The van der Waals surface area contributed by atoms with E-state index >= 15 is 0 Å². The van der Waals surface area contributed by atoms with Crippen LogP contribution in [0.3, 0.4) is 0 Å². The predicted molar refractivity (Wildman–Crippen MR) is 93.6 cm³/mol. The van der Waals surface area contributed by atoms with Crippen molar-refractivity contribution in [3.8, 4) is 0 Å². The zero-order valence-corrected chi connectivity index (χ0v) is 15.6. The molecule has 0 saturated carbocycles. The molecule has 0 amide bonds. The first-order chi connectivity index (χ1) is 11.3. The summed E-state index contributed by atoms with van der Waals surface area (Å²) in [4.78, 5) is 0.205. The van der Waals surface area contributed by atoms with E-state index in [0.717, 1.165) is 28.7 Å². The Labute approximate surface area is 145 Å². The van der Waals surface area contributed by atoms with E-state index in [1.165, 1.54) is 4.31 Å². The summed E-state index contributed by atoms with van der Waals surface area (Å²) >= 11 is 1.02. The molecule has 0 aliphatic rings. The molecule has 0 atom stereocenters. The van der Waals surface area contributed by atoms with Gasteiger partial charge in [0, 0.05) is 26.3 Å². The highest BCUT2D eigenvalue weighted by Crippen LogP contribution is 2.24. The quantitative estimate of drug-likeness (QED) is 0.690. The normalized spacial score (nSPS) is 12.4. The Morgan fingerprint density at radius 1 is 1.25 bits per heavy atom. The molecule has 2 aromatic heterocycles. The summed E-state index contributed by atoms with van der Waals surface area (Å²) in [5.74, 6) is 0. The van der Waals surface area contributed by atoms with Crippen LogP contribution in [0.15, 0.2) is 23.1 Å². The minimum Gasteiger partial charge on any atom is -0.272 e. The van der Waals surface area contributed by atoms with Gasteiger partial charge in [0.15, 0.2) is 0 Å². The van der Waals surface area contributed by atoms with Gasteiger partial charge >= 0.3 is 0 Å². The fourth-order valence-corrected chi connectivity index (χ4v) is 4.65. The molecule has 0 bridgehead atoms. The molecule has 0 saturated heterocycles. The van der Waals surface area contributed by atoms with Crippen LogP contribution in [0.5, 0.6) is 0 Å². The van der Waals surface area contributed by atoms with E-state index in [0.29, 0.717) is 24.0 Å². The van der Waals surface area contributed by atoms with Crippen molar-refractivity contribution in [3.63, 3.8) is 0 Å². The van der Waals surface area contributed by atoms with Gasteiger partial charge in [-0.2, -0.15) is 13.8 Å². The number of nitrogens with zero attached hydrogens (tertiary/aromatic N) is 5. The Hall–Kier alpha value is -1.84. The lowest BCUT2D eigenvalue weighted by molar-refractivity contribution is 0.472. The molecule has 9 heteroatoms. The number of fused-ring (bicyclic) bond motifs is 1. The molecule has 3 rings (SSSR count). The molecular weight excluding hydrogens is 346 g/mol. The molecule has 0 radical (unpaired) electrons. The molecule has 0 unspecified atom stereocenters. The van der Waals surface area contributed by atoms with Gasteiger partial charge in [0.05, 0.1) is 17.4 Å². The summed E-state index contributed by atoms with van der Waals surface area (Å²) in [6, 6.07) is 5.04. The second-order valence-corrected chi connectivity index (χ2v) is 8.28. The average molecular weight is 365 g/mol. The van der Waals surface area contributed by atoms with E-state index in [2.05, 4.69) is 13.8 Å². The fourth-order valence-electron chi connectivity index (χ4n) is 2.73. The molecule has 0 aliphatic carbocycles. The maximum atomic E-state index is 12.9. The lowest BCUT2D eigenvalue weighted by Gasteiger charge is -2.17. The lowest BCUT2D eigenvalue weighted by Crippen LogP contribution is -2.29. The highest BCUT2D eigenvalue weighted by atomic mass is 32.2. The molecule has 128 valence electrons. The smallest absolute Gasteiger partial charge is 0.245 e. The molecule has 1 aromatic carbocycles. The number of sulfonamides is 1. The van der Waals surface area contributed by atoms with Crippen LogP contribution in [0.4, 0.5) is 0 Å². The number of aromatic nitrogens is 4. The Balaban J connectivity index is 1.86. The van der Waals surface area contributed by atoms with Gasteiger partial charge in [0.25, 0.3) is 0 Å². The SMILES string of the molecule is Cc1nn(C)c(C)c1CCN(C)S(=O)(=O)c1cccc2nsnc12. The zero-order valence-electron chi connectivity index (χ0n) is 14.0. The monoisotopic (exact) mass is 365 g/mol. The average Bonchev–Trinajstić information content (AvgIpc) is 3.10. The lowest BCUT2D eigenvalue weighted by atomic mass is 10.1. The summed E-state index contributed by atoms with van der Waals surface area (Å²) < 4.78 is 37.2. The third-order valence-electron chi connectivity index (χ3n) is 4.27. The molecule has 7 nitrogen and oxygen atoms in total. The summed E-state index contributed by atoms with van der Waals surface area (Å²) in [5.41, 5.74) is 4.13. The Morgan fingerprint density at radius 2 is 2.00 bits per heavy atom. The number of hydrogen-bond acceptors (Lipinski definition) is 6. The summed E-state index contributed by atoms with van der Waals surface area (Å²) in [5, 5.41) is 4.37. The van der Waals surface area contributed by atoms with Crippen molar-refractivity contribution >= 4 is 32.8 Å². The Morgan fingerprint density at radius 3 is 2.67 bits per heavy atom. The van der Waals surface area contributed by atoms with Crippen LogP contribution in [0.25, 0.3) is 11.0 Å². The molecule has 0 fully saturated rings. The van der Waals surface area contributed by atoms with Crippen LogP contribution in [-0.4, -0.2) is 44.8 Å². The third kappa shape index (κ3) is 2.83. The Kier molecular flexibility index (Phi) is 4.41. The fraction of sp³-hybridized carbons (Fsp3) is 0.400. The molecule has 3 aromatic rings. The number of aryl methyl sites for hydroxylation is 2. The van der Waals surface area contributed by atoms with Crippen LogP contribution < -0.4 is 0 Å². The van der Waals surface area contributed by atoms with Crippen LogP contribution in [0, 0.1) is 13.8 Å². The maximum Gasteiger partial charge on any atom is 0.245 e. The second kappa shape index (κ2) is 6.23. The number of benzene rings is 1. The topological polar surface area (TPSA) is 81.0 Å². The molecule has 24 heavy (non-hydrogen) atoms. The van der Waals surface area contributed by atoms with Crippen molar-refractivity contribution in [2.24, 2.45) is 7.05 Å². The molecule has 0 spiro atoms. The van der Waals surface area contributed by atoms with Crippen molar-refractivity contribution < 1.29 is 8.42 Å². The van der Waals surface area contributed by atoms with Gasteiger partial charge in [0.2, 0.25) is 10.0 Å². The second-order valence-electron chi connectivity index (χ2n) is 5.74. The Bertz CT molecular complexity index is 991. The number of rotatable bonds is 5. The van der Waals surface area contributed by atoms with E-state index in [1.54, 1.807) is 25.2 Å². The summed E-state index contributed by atoms with van der Waals surface area (Å²) in [6.45, 7) is 4.31. The van der Waals surface area contributed by atoms with Crippen LogP contribution in [0.2, 0.25) is 0 Å². The van der Waals surface area contributed by atoms with Gasteiger partial charge in [-0.3, -0.25) is 4.68 Å². The molecule has 0 N–H and O–H groups in total. The first-order valence-corrected chi connectivity index (χ1v) is 9.66. The van der Waals surface area contributed by atoms with Crippen LogP contribution >= 0.6 is 11.7 Å². The van der Waals surface area contributed by atoms with Gasteiger partial charge in [0.1, 0.15) is 15.9 Å². The van der Waals surface area contributed by atoms with Crippen LogP contribution in [-0.2, 0) is 23.5 Å². The van der Waals surface area contributed by atoms with Gasteiger partial charge in [-0.05, 0) is 38.0 Å². The largest absolute Gasteiger partial charge is 0.272 e. The summed E-state index contributed by atoms with van der Waals surface area (Å²) in [7, 11) is -0.131. The van der Waals surface area contributed by atoms with E-state index in [1.807, 2.05) is 25.6 Å². The van der Waals surface area contributed by atoms with Crippen molar-refractivity contribution in [3.05, 3.63) is 35.2 Å². The van der Waals surface area contributed by atoms with Gasteiger partial charge in [-0.15, -0.1) is 0 Å². The first-order valence-electron chi connectivity index (χ1n) is 7.49. The maximum absolute atomic E-state index is 12.9. The highest BCUT2D eigenvalue weighted by Gasteiger charge is 2.25. The van der Waals surface area contributed by atoms with Crippen molar-refractivity contribution in [1.82, 2.24) is 22.8 Å². The minimum atomic E-state index is -3.61. The van der Waals surface area contributed by atoms with E-state index < -0.39 is 10.0 Å². The van der Waals surface area contributed by atoms with Gasteiger partial charge in [-0.1, -0.05) is 6.07 Å². The van der Waals surface area contributed by atoms with Crippen molar-refractivity contribution in [2.75, 3.05) is 13.6 Å². The minimum absolute atomic E-state index is 0.205. The number of hydrogen-bond donors (Lipinski definition) is 0. The van der Waals surface area contributed by atoms with Gasteiger partial charge in [-0.25, -0.2) is 12.7 Å². The standard InChI is InChI=1S/C15H19N5O2S2/c1-10-12(11(2)20(4)16-10)8-9-19(3)24(21,22)14-7-5-6-13-15(14)18-23-17-13/h5-7H,8-9H2,1-4H3. The highest BCUT2D eigenvalue weighted by molar-refractivity contribution is 7.89. The molecular formula is C15H19N5O2S2. The predicted octanol–water partition coefficient (Wildman–Crippen LogP) is 1.90. The van der Waals surface area contributed by atoms with Crippen molar-refractivity contribution in [2.45, 2.75) is 25.2 Å². The van der Waals surface area contributed by atoms with E-state index in [9.17, 15) is 8.42 Å². The van der Waals surface area contributed by atoms with Crippen LogP contribution in [0.1, 0.15) is 17.0 Å². The van der Waals surface area contributed by atoms with Gasteiger partial charge < -0.3 is 0 Å². The van der Waals surface area contributed by atoms with E-state index in [4.69, 9.17) is 0 Å². The zero-order chi connectivity index (χ0) is 17.5. The number of likely N-dealkylation sites (N-methyl/N-ethyl adjacent to an activating group) is 1. The van der Waals surface area contributed by atoms with E-state index in [-0.39, 0.29) is 4.90 Å². The molecule has 0 aliphatic heterocycles. The summed E-state index contributed by atoms with van der Waals surface area (Å²) in [6.07, 6.45) is 0.618. The molecule has 2 heterocycles. The third-order valence-corrected chi connectivity index (χ3v) is 6.70. The van der Waals surface area contributed by atoms with Crippen molar-refractivity contribution in [1.29, 1.82) is 0 Å². The first kappa shape index (κ1) is 17.0.